The molecule has 0 aliphatic carbocycles. The number of nitriles is 1. The van der Waals surface area contributed by atoms with Crippen LogP contribution in [0.2, 0.25) is 0 Å². The maximum atomic E-state index is 12.3. The largest absolute Gasteiger partial charge is 0.440 e. The van der Waals surface area contributed by atoms with Crippen LogP contribution in [0, 0.1) is 17.2 Å². The number of aromatic amines is 1. The zero-order valence-electron chi connectivity index (χ0n) is 12.0. The Kier molecular flexibility index (Phi) is 3.84. The lowest BCUT2D eigenvalue weighted by atomic mass is 9.81. The van der Waals surface area contributed by atoms with Crippen molar-refractivity contribution in [2.75, 3.05) is 0 Å². The summed E-state index contributed by atoms with van der Waals surface area (Å²) in [5, 5.41) is 9.26. The highest BCUT2D eigenvalue weighted by molar-refractivity contribution is 5.49. The number of nitrogens with zero attached hydrogens (tertiary/aromatic N) is 1. The van der Waals surface area contributed by atoms with Crippen LogP contribution in [0.25, 0.3) is 0 Å². The molecule has 1 aromatic heterocycles. The summed E-state index contributed by atoms with van der Waals surface area (Å²) in [6.07, 6.45) is 1.70. The highest BCUT2D eigenvalue weighted by Crippen LogP contribution is 2.40. The summed E-state index contributed by atoms with van der Waals surface area (Å²) in [6.45, 7) is 5.96. The zero-order chi connectivity index (χ0) is 14.9. The molecule has 0 saturated carbocycles. The normalized spacial score (nSPS) is 17.6. The Bertz CT molecular complexity index is 650. The van der Waals surface area contributed by atoms with E-state index in [1.54, 1.807) is 0 Å². The molecule has 0 radical (unpaired) electrons. The molecule has 1 aliphatic heterocycles. The number of ether oxygens (including phenoxy) is 1. The van der Waals surface area contributed by atoms with Crippen molar-refractivity contribution in [2.45, 2.75) is 39.5 Å². The van der Waals surface area contributed by atoms with Gasteiger partial charge in [0.15, 0.2) is 0 Å². The number of aryl methyl sites for hydroxylation is 1. The quantitative estimate of drug-likeness (QED) is 0.882. The van der Waals surface area contributed by atoms with Crippen LogP contribution >= 0.6 is 0 Å². The fourth-order valence-corrected chi connectivity index (χ4v) is 2.64. The Morgan fingerprint density at radius 1 is 1.55 bits per heavy atom. The van der Waals surface area contributed by atoms with E-state index in [1.807, 2.05) is 26.8 Å². The van der Waals surface area contributed by atoms with Gasteiger partial charge in [0.2, 0.25) is 5.88 Å². The summed E-state index contributed by atoms with van der Waals surface area (Å²) in [4.78, 5) is 15.2. The molecule has 5 heteroatoms. The Balaban J connectivity index is 2.63. The van der Waals surface area contributed by atoms with E-state index in [2.05, 4.69) is 11.1 Å². The van der Waals surface area contributed by atoms with Gasteiger partial charge < -0.3 is 15.5 Å². The third kappa shape index (κ3) is 2.29. The number of aromatic nitrogens is 1. The second-order valence-corrected chi connectivity index (χ2v) is 5.37. The molecule has 2 rings (SSSR count). The SMILES string of the molecule is CCCc1cc2c(c(=O)[nH]1)C(C(C)C)C(C#N)=C(N)O2. The van der Waals surface area contributed by atoms with Gasteiger partial charge in [0.25, 0.3) is 5.56 Å². The minimum Gasteiger partial charge on any atom is -0.440 e. The van der Waals surface area contributed by atoms with Crippen molar-refractivity contribution in [3.63, 3.8) is 0 Å². The Morgan fingerprint density at radius 2 is 2.25 bits per heavy atom. The van der Waals surface area contributed by atoms with Crippen molar-refractivity contribution in [1.29, 1.82) is 5.26 Å². The van der Waals surface area contributed by atoms with Gasteiger partial charge in [-0.15, -0.1) is 0 Å². The second kappa shape index (κ2) is 5.41. The first kappa shape index (κ1) is 14.2. The van der Waals surface area contributed by atoms with E-state index in [4.69, 9.17) is 10.5 Å². The molecule has 5 nitrogen and oxygen atoms in total. The standard InChI is InChI=1S/C15H19N3O2/c1-4-5-9-6-11-13(15(19)18-9)12(8(2)3)10(7-16)14(17)20-11/h6,8,12H,4-5,17H2,1-3H3,(H,18,19). The molecular weight excluding hydrogens is 254 g/mol. The lowest BCUT2D eigenvalue weighted by Crippen LogP contribution is -2.30. The number of fused-ring (bicyclic) bond motifs is 1. The van der Waals surface area contributed by atoms with Crippen molar-refractivity contribution < 1.29 is 4.74 Å². The lowest BCUT2D eigenvalue weighted by Gasteiger charge is -2.28. The van der Waals surface area contributed by atoms with E-state index in [0.717, 1.165) is 18.5 Å². The summed E-state index contributed by atoms with van der Waals surface area (Å²) >= 11 is 0. The average Bonchev–Trinajstić information content (AvgIpc) is 2.37. The summed E-state index contributed by atoms with van der Waals surface area (Å²) in [5.74, 6) is 0.353. The monoisotopic (exact) mass is 273 g/mol. The molecule has 20 heavy (non-hydrogen) atoms. The van der Waals surface area contributed by atoms with Gasteiger partial charge in [-0.25, -0.2) is 0 Å². The molecule has 3 N–H and O–H groups in total. The van der Waals surface area contributed by atoms with E-state index in [9.17, 15) is 10.1 Å². The predicted molar refractivity (Wildman–Crippen MR) is 76.1 cm³/mol. The smallest absolute Gasteiger partial charge is 0.255 e. The van der Waals surface area contributed by atoms with Crippen LogP contribution in [0.4, 0.5) is 0 Å². The molecule has 2 heterocycles. The fraction of sp³-hybridized carbons (Fsp3) is 0.467. The Hall–Kier alpha value is -2.22. The van der Waals surface area contributed by atoms with Crippen LogP contribution in [-0.2, 0) is 6.42 Å². The molecule has 1 atom stereocenters. The maximum Gasteiger partial charge on any atom is 0.255 e. The van der Waals surface area contributed by atoms with Crippen LogP contribution in [0.3, 0.4) is 0 Å². The van der Waals surface area contributed by atoms with Gasteiger partial charge in [0, 0.05) is 17.7 Å². The van der Waals surface area contributed by atoms with Gasteiger partial charge in [-0.1, -0.05) is 27.2 Å². The van der Waals surface area contributed by atoms with Crippen molar-refractivity contribution in [2.24, 2.45) is 11.7 Å². The highest BCUT2D eigenvalue weighted by Gasteiger charge is 2.34. The van der Waals surface area contributed by atoms with Crippen LogP contribution in [0.1, 0.15) is 44.4 Å². The molecule has 1 aliphatic rings. The Labute approximate surface area is 118 Å². The minimum absolute atomic E-state index is 0.0870. The van der Waals surface area contributed by atoms with Crippen molar-refractivity contribution >= 4 is 0 Å². The van der Waals surface area contributed by atoms with Gasteiger partial charge in [0.05, 0.1) is 11.1 Å². The number of hydrogen-bond acceptors (Lipinski definition) is 4. The summed E-state index contributed by atoms with van der Waals surface area (Å²) in [5.41, 5.74) is 7.30. The summed E-state index contributed by atoms with van der Waals surface area (Å²) in [6, 6.07) is 3.89. The van der Waals surface area contributed by atoms with Crippen LogP contribution in [0.5, 0.6) is 5.75 Å². The maximum absolute atomic E-state index is 12.3. The molecule has 1 aromatic rings. The molecule has 0 saturated heterocycles. The van der Waals surface area contributed by atoms with E-state index >= 15 is 0 Å². The first-order chi connectivity index (χ1) is 9.49. The number of nitrogens with two attached hydrogens (primary N) is 1. The van der Waals surface area contributed by atoms with Crippen molar-refractivity contribution in [1.82, 2.24) is 4.98 Å². The molecule has 0 amide bonds. The average molecular weight is 273 g/mol. The zero-order valence-corrected chi connectivity index (χ0v) is 12.0. The van der Waals surface area contributed by atoms with Gasteiger partial charge in [-0.2, -0.15) is 5.26 Å². The molecular formula is C15H19N3O2. The number of rotatable bonds is 3. The highest BCUT2D eigenvalue weighted by atomic mass is 16.5. The molecule has 106 valence electrons. The fourth-order valence-electron chi connectivity index (χ4n) is 2.64. The number of hydrogen-bond donors (Lipinski definition) is 2. The van der Waals surface area contributed by atoms with Gasteiger partial charge in [-0.3, -0.25) is 4.79 Å². The first-order valence-corrected chi connectivity index (χ1v) is 6.83. The van der Waals surface area contributed by atoms with Gasteiger partial charge >= 0.3 is 0 Å². The molecule has 0 bridgehead atoms. The topological polar surface area (TPSA) is 91.9 Å². The number of H-pyrrole nitrogens is 1. The summed E-state index contributed by atoms with van der Waals surface area (Å²) in [7, 11) is 0. The van der Waals surface area contributed by atoms with Gasteiger partial charge in [0.1, 0.15) is 11.8 Å². The number of allylic oxidation sites excluding steroid dienone is 1. The predicted octanol–water partition coefficient (Wildman–Crippen LogP) is 2.15. The second-order valence-electron chi connectivity index (χ2n) is 5.37. The van der Waals surface area contributed by atoms with Crippen LogP contribution in [0.15, 0.2) is 22.3 Å². The van der Waals surface area contributed by atoms with Gasteiger partial charge in [-0.05, 0) is 12.3 Å². The van der Waals surface area contributed by atoms with Crippen molar-refractivity contribution in [3.05, 3.63) is 39.1 Å². The van der Waals surface area contributed by atoms with Crippen LogP contribution in [-0.4, -0.2) is 4.98 Å². The third-order valence-corrected chi connectivity index (χ3v) is 3.50. The molecule has 1 unspecified atom stereocenters. The molecule has 0 spiro atoms. The molecule has 0 fully saturated rings. The Morgan fingerprint density at radius 3 is 2.80 bits per heavy atom. The summed E-state index contributed by atoms with van der Waals surface area (Å²) < 4.78 is 5.50. The first-order valence-electron chi connectivity index (χ1n) is 6.83. The van der Waals surface area contributed by atoms with E-state index < -0.39 is 0 Å². The third-order valence-electron chi connectivity index (χ3n) is 3.50. The van der Waals surface area contributed by atoms with E-state index in [-0.39, 0.29) is 23.3 Å². The van der Waals surface area contributed by atoms with E-state index in [0.29, 0.717) is 16.9 Å². The molecule has 0 aromatic carbocycles. The number of pyridine rings is 1. The van der Waals surface area contributed by atoms with Crippen molar-refractivity contribution in [3.8, 4) is 11.8 Å². The number of nitrogens with one attached hydrogen (secondary N) is 1. The van der Waals surface area contributed by atoms with E-state index in [1.165, 1.54) is 0 Å². The lowest BCUT2D eigenvalue weighted by molar-refractivity contribution is 0.368. The van der Waals surface area contributed by atoms with Crippen LogP contribution < -0.4 is 16.0 Å². The minimum atomic E-state index is -0.317.